The number of ether oxygens (including phenoxy) is 2. The van der Waals surface area contributed by atoms with Crippen LogP contribution in [0.2, 0.25) is 0 Å². The molecule has 0 radical (unpaired) electrons. The molecule has 1 atom stereocenters. The van der Waals surface area contributed by atoms with Crippen LogP contribution >= 0.6 is 0 Å². The maximum Gasteiger partial charge on any atom is 0.283 e. The molecule has 0 bridgehead atoms. The van der Waals surface area contributed by atoms with Gasteiger partial charge in [0.25, 0.3) is 11.8 Å². The van der Waals surface area contributed by atoms with Crippen LogP contribution in [0.3, 0.4) is 0 Å². The molecule has 0 spiro atoms. The van der Waals surface area contributed by atoms with Crippen molar-refractivity contribution in [3.63, 3.8) is 0 Å². The minimum absolute atomic E-state index is 0.293. The van der Waals surface area contributed by atoms with Crippen LogP contribution in [0.5, 0.6) is 17.5 Å². The third-order valence-corrected chi connectivity index (χ3v) is 4.49. The van der Waals surface area contributed by atoms with Crippen LogP contribution in [0, 0.1) is 0 Å². The summed E-state index contributed by atoms with van der Waals surface area (Å²) in [5.74, 6) is 1.69. The summed E-state index contributed by atoms with van der Waals surface area (Å²) in [6.45, 7) is 1.23. The molecule has 0 aliphatic rings. The number of fused-ring (bicyclic) bond motifs is 1. The first-order valence-corrected chi connectivity index (χ1v) is 9.59. The number of para-hydroxylation sites is 2. The van der Waals surface area contributed by atoms with Crippen molar-refractivity contribution in [3.05, 3.63) is 72.3 Å². The van der Waals surface area contributed by atoms with E-state index in [1.165, 1.54) is 0 Å². The van der Waals surface area contributed by atoms with Crippen LogP contribution in [0.15, 0.2) is 60.9 Å². The summed E-state index contributed by atoms with van der Waals surface area (Å²) < 4.78 is 11.5. The summed E-state index contributed by atoms with van der Waals surface area (Å²) in [5.41, 5.74) is 2.40. The van der Waals surface area contributed by atoms with Crippen molar-refractivity contribution in [3.8, 4) is 17.5 Å². The largest absolute Gasteiger partial charge is 0.472 e. The highest BCUT2D eigenvalue weighted by molar-refractivity contribution is 5.74. The van der Waals surface area contributed by atoms with E-state index in [2.05, 4.69) is 19.9 Å². The zero-order chi connectivity index (χ0) is 20.9. The average molecular weight is 405 g/mol. The van der Waals surface area contributed by atoms with Crippen molar-refractivity contribution >= 4 is 11.0 Å². The summed E-state index contributed by atoms with van der Waals surface area (Å²) >= 11 is 0. The third kappa shape index (κ3) is 4.56. The monoisotopic (exact) mass is 405 g/mol. The highest BCUT2D eigenvalue weighted by Crippen LogP contribution is 2.29. The van der Waals surface area contributed by atoms with Crippen LogP contribution in [-0.2, 0) is 0 Å². The Morgan fingerprint density at radius 1 is 1.00 bits per heavy atom. The van der Waals surface area contributed by atoms with E-state index in [0.29, 0.717) is 35.5 Å². The molecule has 8 nitrogen and oxygen atoms in total. The molecule has 1 unspecified atom stereocenters. The number of nitrogens with zero attached hydrogens (tertiary/aromatic N) is 4. The molecular weight excluding hydrogens is 382 g/mol. The van der Waals surface area contributed by atoms with Crippen molar-refractivity contribution in [2.75, 3.05) is 27.2 Å². The summed E-state index contributed by atoms with van der Waals surface area (Å²) in [6, 6.07) is 14.8. The van der Waals surface area contributed by atoms with Gasteiger partial charge in [0.05, 0.1) is 11.0 Å². The highest BCUT2D eigenvalue weighted by Gasteiger charge is 2.16. The van der Waals surface area contributed by atoms with Gasteiger partial charge >= 0.3 is 0 Å². The fraction of sp³-hybridized carbons (Fsp3) is 0.227. The van der Waals surface area contributed by atoms with Gasteiger partial charge in [0, 0.05) is 18.9 Å². The SMILES string of the molecule is CN(C)CCOc1nccnc1Oc1ccc(C(O)c2nc3ccccc3[nH]2)cc1. The number of aliphatic hydroxyl groups excluding tert-OH is 1. The van der Waals surface area contributed by atoms with Crippen LogP contribution in [0.4, 0.5) is 0 Å². The van der Waals surface area contributed by atoms with Gasteiger partial charge < -0.3 is 24.5 Å². The van der Waals surface area contributed by atoms with Crippen molar-refractivity contribution < 1.29 is 14.6 Å². The Kier molecular flexibility index (Phi) is 5.87. The molecule has 2 aromatic carbocycles. The van der Waals surface area contributed by atoms with Crippen molar-refractivity contribution in [1.29, 1.82) is 0 Å². The van der Waals surface area contributed by atoms with Gasteiger partial charge in [-0.3, -0.25) is 0 Å². The molecule has 30 heavy (non-hydrogen) atoms. The van der Waals surface area contributed by atoms with Gasteiger partial charge in [-0.1, -0.05) is 24.3 Å². The summed E-state index contributed by atoms with van der Waals surface area (Å²) in [4.78, 5) is 18.0. The Morgan fingerprint density at radius 3 is 2.47 bits per heavy atom. The number of likely N-dealkylation sites (N-methyl/N-ethyl adjacent to an activating group) is 1. The zero-order valence-electron chi connectivity index (χ0n) is 16.8. The van der Waals surface area contributed by atoms with E-state index in [0.717, 1.165) is 17.6 Å². The molecule has 2 N–H and O–H groups in total. The third-order valence-electron chi connectivity index (χ3n) is 4.49. The molecule has 0 amide bonds. The molecule has 0 fully saturated rings. The summed E-state index contributed by atoms with van der Waals surface area (Å²) in [5, 5.41) is 10.7. The smallest absolute Gasteiger partial charge is 0.283 e. The first-order chi connectivity index (χ1) is 14.6. The van der Waals surface area contributed by atoms with Crippen molar-refractivity contribution in [2.45, 2.75) is 6.10 Å². The second-order valence-corrected chi connectivity index (χ2v) is 7.03. The number of aromatic nitrogens is 4. The molecule has 2 aromatic heterocycles. The molecule has 0 aliphatic carbocycles. The van der Waals surface area contributed by atoms with E-state index >= 15 is 0 Å². The molecule has 0 saturated heterocycles. The maximum absolute atomic E-state index is 10.7. The van der Waals surface area contributed by atoms with Gasteiger partial charge in [-0.2, -0.15) is 0 Å². The Bertz CT molecular complexity index is 1080. The topological polar surface area (TPSA) is 96.4 Å². The van der Waals surface area contributed by atoms with E-state index in [1.54, 1.807) is 36.7 Å². The number of hydrogen-bond acceptors (Lipinski definition) is 7. The first kappa shape index (κ1) is 19.8. The lowest BCUT2D eigenvalue weighted by Crippen LogP contribution is -2.19. The molecular formula is C22H23N5O3. The number of rotatable bonds is 8. The van der Waals surface area contributed by atoms with E-state index in [9.17, 15) is 5.11 Å². The maximum atomic E-state index is 10.7. The van der Waals surface area contributed by atoms with Crippen LogP contribution in [0.1, 0.15) is 17.5 Å². The lowest BCUT2D eigenvalue weighted by molar-refractivity contribution is 0.211. The van der Waals surface area contributed by atoms with E-state index < -0.39 is 6.10 Å². The zero-order valence-corrected chi connectivity index (χ0v) is 16.8. The van der Waals surface area contributed by atoms with Crippen LogP contribution < -0.4 is 9.47 Å². The van der Waals surface area contributed by atoms with Gasteiger partial charge in [0.15, 0.2) is 0 Å². The van der Waals surface area contributed by atoms with Gasteiger partial charge in [0.1, 0.15) is 24.3 Å². The molecule has 4 aromatic rings. The predicted molar refractivity (Wildman–Crippen MR) is 113 cm³/mol. The number of aliphatic hydroxyl groups is 1. The van der Waals surface area contributed by atoms with Crippen molar-refractivity contribution in [1.82, 2.24) is 24.8 Å². The Morgan fingerprint density at radius 2 is 1.73 bits per heavy atom. The van der Waals surface area contributed by atoms with Crippen molar-refractivity contribution in [2.24, 2.45) is 0 Å². The summed E-state index contributed by atoms with van der Waals surface area (Å²) in [6.07, 6.45) is 2.24. The molecule has 0 saturated carbocycles. The average Bonchev–Trinajstić information content (AvgIpc) is 3.19. The molecule has 0 aliphatic heterocycles. The van der Waals surface area contributed by atoms with E-state index in [4.69, 9.17) is 9.47 Å². The second-order valence-electron chi connectivity index (χ2n) is 7.03. The quantitative estimate of drug-likeness (QED) is 0.465. The number of hydrogen-bond donors (Lipinski definition) is 2. The predicted octanol–water partition coefficient (Wildman–Crippen LogP) is 3.17. The number of aromatic amines is 1. The normalized spacial score (nSPS) is 12.3. The molecule has 4 rings (SSSR count). The van der Waals surface area contributed by atoms with Gasteiger partial charge in [-0.05, 0) is 43.9 Å². The number of benzene rings is 2. The number of nitrogens with one attached hydrogen (secondary N) is 1. The van der Waals surface area contributed by atoms with Gasteiger partial charge in [0.2, 0.25) is 0 Å². The summed E-state index contributed by atoms with van der Waals surface area (Å²) in [7, 11) is 3.94. The second kappa shape index (κ2) is 8.89. The van der Waals surface area contributed by atoms with Crippen LogP contribution in [-0.4, -0.2) is 57.2 Å². The minimum atomic E-state index is -0.868. The van der Waals surface area contributed by atoms with Gasteiger partial charge in [-0.15, -0.1) is 0 Å². The Hall–Kier alpha value is -3.49. The molecule has 2 heterocycles. The van der Waals surface area contributed by atoms with E-state index in [1.807, 2.05) is 43.3 Å². The standard InChI is InChI=1S/C22H23N5O3/c1-27(2)13-14-29-21-22(24-12-11-23-21)30-16-9-7-15(8-10-16)19(28)20-25-17-5-3-4-6-18(17)26-20/h3-12,19,28H,13-14H2,1-2H3,(H,25,26). The fourth-order valence-electron chi connectivity index (χ4n) is 2.90. The lowest BCUT2D eigenvalue weighted by atomic mass is 10.1. The number of H-pyrrole nitrogens is 1. The Labute approximate surface area is 174 Å². The first-order valence-electron chi connectivity index (χ1n) is 9.59. The fourth-order valence-corrected chi connectivity index (χ4v) is 2.90. The Balaban J connectivity index is 1.46. The molecule has 8 heteroatoms. The van der Waals surface area contributed by atoms with E-state index in [-0.39, 0.29) is 0 Å². The van der Waals surface area contributed by atoms with Gasteiger partial charge in [-0.25, -0.2) is 15.0 Å². The number of imidazole rings is 1. The molecule has 154 valence electrons. The van der Waals surface area contributed by atoms with Crippen LogP contribution in [0.25, 0.3) is 11.0 Å². The highest BCUT2D eigenvalue weighted by atomic mass is 16.5. The minimum Gasteiger partial charge on any atom is -0.472 e. The lowest BCUT2D eigenvalue weighted by Gasteiger charge is -2.13.